The van der Waals surface area contributed by atoms with Crippen LogP contribution in [0.15, 0.2) is 53.5 Å². The van der Waals surface area contributed by atoms with Crippen molar-refractivity contribution in [3.05, 3.63) is 70.2 Å². The third-order valence-electron chi connectivity index (χ3n) is 5.51. The second-order valence-corrected chi connectivity index (χ2v) is 7.48. The average Bonchev–Trinajstić information content (AvgIpc) is 3.06. The minimum atomic E-state index is 0. The lowest BCUT2D eigenvalue weighted by Crippen LogP contribution is -2.41. The van der Waals surface area contributed by atoms with Gasteiger partial charge >= 0.3 is 0 Å². The summed E-state index contributed by atoms with van der Waals surface area (Å²) in [5.41, 5.74) is 2.32. The highest BCUT2D eigenvalue weighted by Gasteiger charge is 2.38. The molecule has 0 spiro atoms. The van der Waals surface area contributed by atoms with Crippen LogP contribution in [0.4, 0.5) is 0 Å². The van der Waals surface area contributed by atoms with Gasteiger partial charge in [0, 0.05) is 28.3 Å². The highest BCUT2D eigenvalue weighted by atomic mass is 35.5. The van der Waals surface area contributed by atoms with E-state index in [0.717, 1.165) is 24.4 Å². The van der Waals surface area contributed by atoms with Crippen LogP contribution < -0.4 is 0 Å². The number of carbonyl (C=O) groups is 1. The standard InChI is InChI=1S/C22H23ClN2O.ClH/c1-2-25-20-10-6-5-9-19(20)24-22(25)18-8-4-3-7-17(18)21(26)15-11-13-16(23)14-12-15;/h3-4,7-8,11-14,19-20H,2,5-6,9-10H2,1H3;1H/t19-,20-;/m1./s1. The molecule has 0 radical (unpaired) electrons. The van der Waals surface area contributed by atoms with Crippen molar-refractivity contribution in [3.8, 4) is 0 Å². The Morgan fingerprint density at radius 2 is 1.81 bits per heavy atom. The number of ketones is 1. The van der Waals surface area contributed by atoms with Gasteiger partial charge in [-0.15, -0.1) is 12.4 Å². The van der Waals surface area contributed by atoms with Crippen molar-refractivity contribution in [2.75, 3.05) is 6.54 Å². The molecule has 1 saturated carbocycles. The molecule has 0 saturated heterocycles. The van der Waals surface area contributed by atoms with Crippen LogP contribution in [0.2, 0.25) is 5.02 Å². The molecule has 5 heteroatoms. The number of likely N-dealkylation sites (N-methyl/N-ethyl adjacent to an activating group) is 1. The van der Waals surface area contributed by atoms with E-state index in [1.807, 2.05) is 24.3 Å². The normalized spacial score (nSPS) is 21.3. The molecule has 3 nitrogen and oxygen atoms in total. The maximum atomic E-state index is 13.1. The molecule has 0 aromatic heterocycles. The van der Waals surface area contributed by atoms with Gasteiger partial charge in [-0.25, -0.2) is 0 Å². The van der Waals surface area contributed by atoms with Gasteiger partial charge in [0.1, 0.15) is 5.84 Å². The zero-order valence-electron chi connectivity index (χ0n) is 15.4. The van der Waals surface area contributed by atoms with Gasteiger partial charge in [0.15, 0.2) is 5.78 Å². The fraction of sp³-hybridized carbons (Fsp3) is 0.364. The largest absolute Gasteiger partial charge is 0.352 e. The summed E-state index contributed by atoms with van der Waals surface area (Å²) in [6, 6.07) is 15.8. The Morgan fingerprint density at radius 1 is 1.11 bits per heavy atom. The first-order valence-electron chi connectivity index (χ1n) is 9.43. The van der Waals surface area contributed by atoms with E-state index in [9.17, 15) is 4.79 Å². The fourth-order valence-corrected chi connectivity index (χ4v) is 4.36. The van der Waals surface area contributed by atoms with Gasteiger partial charge in [0.25, 0.3) is 0 Å². The predicted octanol–water partition coefficient (Wildman–Crippen LogP) is 5.39. The Morgan fingerprint density at radius 3 is 2.56 bits per heavy atom. The number of hydrogen-bond acceptors (Lipinski definition) is 3. The van der Waals surface area contributed by atoms with E-state index in [0.29, 0.717) is 28.2 Å². The molecule has 4 rings (SSSR count). The van der Waals surface area contributed by atoms with E-state index in [1.165, 1.54) is 19.3 Å². The first-order chi connectivity index (χ1) is 12.7. The first-order valence-corrected chi connectivity index (χ1v) is 9.81. The quantitative estimate of drug-likeness (QED) is 0.642. The van der Waals surface area contributed by atoms with E-state index in [4.69, 9.17) is 16.6 Å². The van der Waals surface area contributed by atoms with Crippen LogP contribution >= 0.6 is 24.0 Å². The number of fused-ring (bicyclic) bond motifs is 1. The summed E-state index contributed by atoms with van der Waals surface area (Å²) < 4.78 is 0. The molecule has 27 heavy (non-hydrogen) atoms. The maximum absolute atomic E-state index is 13.1. The molecule has 2 atom stereocenters. The topological polar surface area (TPSA) is 32.7 Å². The SMILES string of the molecule is CCN1C(c2ccccc2C(=O)c2ccc(Cl)cc2)=N[C@@H]2CCCC[C@H]21.Cl. The van der Waals surface area contributed by atoms with Gasteiger partial charge in [-0.2, -0.15) is 0 Å². The van der Waals surface area contributed by atoms with Gasteiger partial charge in [-0.3, -0.25) is 9.79 Å². The van der Waals surface area contributed by atoms with Crippen molar-refractivity contribution in [2.24, 2.45) is 4.99 Å². The Kier molecular flexibility index (Phi) is 6.23. The van der Waals surface area contributed by atoms with Gasteiger partial charge in [-0.05, 0) is 44.0 Å². The Labute approximate surface area is 171 Å². The average molecular weight is 403 g/mol. The molecule has 2 aromatic rings. The zero-order chi connectivity index (χ0) is 18.1. The molecular weight excluding hydrogens is 379 g/mol. The molecule has 1 heterocycles. The summed E-state index contributed by atoms with van der Waals surface area (Å²) in [4.78, 5) is 20.6. The van der Waals surface area contributed by atoms with Gasteiger partial charge in [0.05, 0.1) is 12.1 Å². The van der Waals surface area contributed by atoms with Gasteiger partial charge in [-0.1, -0.05) is 48.7 Å². The number of carbonyl (C=O) groups excluding carboxylic acids is 1. The van der Waals surface area contributed by atoms with Crippen molar-refractivity contribution < 1.29 is 4.79 Å². The van der Waals surface area contributed by atoms with Crippen LogP contribution in [0.1, 0.15) is 54.1 Å². The van der Waals surface area contributed by atoms with Crippen molar-refractivity contribution in [1.29, 1.82) is 0 Å². The lowest BCUT2D eigenvalue weighted by atomic mass is 9.90. The van der Waals surface area contributed by atoms with Crippen molar-refractivity contribution in [3.63, 3.8) is 0 Å². The lowest BCUT2D eigenvalue weighted by Gasteiger charge is -2.32. The second kappa shape index (κ2) is 8.45. The number of rotatable bonds is 4. The summed E-state index contributed by atoms with van der Waals surface area (Å²) in [5.74, 6) is 1.01. The molecule has 0 unspecified atom stereocenters. The first kappa shape index (κ1) is 19.9. The summed E-state index contributed by atoms with van der Waals surface area (Å²) in [5, 5.41) is 0.635. The summed E-state index contributed by atoms with van der Waals surface area (Å²) in [7, 11) is 0. The highest BCUT2D eigenvalue weighted by molar-refractivity contribution is 6.30. The van der Waals surface area contributed by atoms with Crippen molar-refractivity contribution >= 4 is 35.6 Å². The molecular formula is C22H24Cl2N2O. The lowest BCUT2D eigenvalue weighted by molar-refractivity contribution is 0.103. The molecule has 1 fully saturated rings. The molecule has 0 N–H and O–H groups in total. The number of halogens is 2. The fourth-order valence-electron chi connectivity index (χ4n) is 4.24. The zero-order valence-corrected chi connectivity index (χ0v) is 17.0. The van der Waals surface area contributed by atoms with Crippen LogP contribution in [0.25, 0.3) is 0 Å². The van der Waals surface area contributed by atoms with Crippen LogP contribution in [0.3, 0.4) is 0 Å². The molecule has 0 amide bonds. The Bertz CT molecular complexity index is 848. The predicted molar refractivity (Wildman–Crippen MR) is 114 cm³/mol. The number of aliphatic imine (C=N–C) groups is 1. The minimum Gasteiger partial charge on any atom is -0.352 e. The Hall–Kier alpha value is -1.84. The minimum absolute atomic E-state index is 0. The van der Waals surface area contributed by atoms with E-state index in [2.05, 4.69) is 11.8 Å². The third kappa shape index (κ3) is 3.76. The van der Waals surface area contributed by atoms with Gasteiger partial charge < -0.3 is 4.90 Å². The molecule has 1 aliphatic heterocycles. The maximum Gasteiger partial charge on any atom is 0.193 e. The monoisotopic (exact) mass is 402 g/mol. The molecule has 142 valence electrons. The van der Waals surface area contributed by atoms with Crippen LogP contribution in [-0.2, 0) is 0 Å². The summed E-state index contributed by atoms with van der Waals surface area (Å²) >= 11 is 5.97. The highest BCUT2D eigenvalue weighted by Crippen LogP contribution is 2.33. The second-order valence-electron chi connectivity index (χ2n) is 7.04. The number of amidine groups is 1. The number of benzene rings is 2. The van der Waals surface area contributed by atoms with E-state index < -0.39 is 0 Å². The Balaban J connectivity index is 0.00000210. The van der Waals surface area contributed by atoms with Crippen LogP contribution in [0.5, 0.6) is 0 Å². The van der Waals surface area contributed by atoms with E-state index >= 15 is 0 Å². The van der Waals surface area contributed by atoms with Gasteiger partial charge in [0.2, 0.25) is 0 Å². The smallest absolute Gasteiger partial charge is 0.193 e. The molecule has 1 aliphatic carbocycles. The number of hydrogen-bond donors (Lipinski definition) is 0. The summed E-state index contributed by atoms with van der Waals surface area (Å²) in [6.45, 7) is 3.10. The molecule has 2 aliphatic rings. The van der Waals surface area contributed by atoms with Crippen molar-refractivity contribution in [2.45, 2.75) is 44.7 Å². The summed E-state index contributed by atoms with van der Waals surface area (Å²) in [6.07, 6.45) is 4.86. The van der Waals surface area contributed by atoms with Crippen molar-refractivity contribution in [1.82, 2.24) is 4.90 Å². The number of nitrogens with zero attached hydrogens (tertiary/aromatic N) is 2. The molecule has 0 bridgehead atoms. The van der Waals surface area contributed by atoms with Crippen LogP contribution in [-0.4, -0.2) is 35.1 Å². The van der Waals surface area contributed by atoms with E-state index in [-0.39, 0.29) is 18.2 Å². The van der Waals surface area contributed by atoms with Crippen LogP contribution in [0, 0.1) is 0 Å². The van der Waals surface area contributed by atoms with E-state index in [1.54, 1.807) is 24.3 Å². The third-order valence-corrected chi connectivity index (χ3v) is 5.77. The molecule has 2 aromatic carbocycles.